The predicted octanol–water partition coefficient (Wildman–Crippen LogP) is 1.52. The maximum atomic E-state index is 10.4. The summed E-state index contributed by atoms with van der Waals surface area (Å²) in [6.07, 6.45) is 0. The molecule has 0 unspecified atom stereocenters. The van der Waals surface area contributed by atoms with E-state index in [1.54, 1.807) is 6.07 Å². The molecule has 64 valence electrons. The second kappa shape index (κ2) is 3.49. The summed E-state index contributed by atoms with van der Waals surface area (Å²) in [4.78, 5) is 10.4. The van der Waals surface area contributed by atoms with Gasteiger partial charge in [-0.25, -0.2) is 4.79 Å². The van der Waals surface area contributed by atoms with Crippen LogP contribution in [0.1, 0.15) is 15.9 Å². The van der Waals surface area contributed by atoms with E-state index in [9.17, 15) is 9.90 Å². The number of aromatic hydroxyl groups is 1. The Balaban J connectivity index is 3.12. The molecule has 0 fully saturated rings. The molecule has 0 amide bonds. The van der Waals surface area contributed by atoms with E-state index in [0.717, 1.165) is 5.56 Å². The third-order valence-corrected chi connectivity index (χ3v) is 1.84. The van der Waals surface area contributed by atoms with E-state index in [1.165, 1.54) is 12.1 Å². The van der Waals surface area contributed by atoms with E-state index < -0.39 is 5.97 Å². The van der Waals surface area contributed by atoms with Crippen LogP contribution in [-0.4, -0.2) is 16.2 Å². The van der Waals surface area contributed by atoms with Crippen molar-refractivity contribution < 1.29 is 15.0 Å². The Bertz CT molecular complexity index is 309. The van der Waals surface area contributed by atoms with Crippen molar-refractivity contribution in [1.82, 2.24) is 0 Å². The van der Waals surface area contributed by atoms with Crippen LogP contribution in [0, 0.1) is 0 Å². The van der Waals surface area contributed by atoms with Crippen molar-refractivity contribution in [2.45, 2.75) is 5.75 Å². The second-order valence-electron chi connectivity index (χ2n) is 2.31. The van der Waals surface area contributed by atoms with Gasteiger partial charge in [-0.2, -0.15) is 12.6 Å². The molecule has 0 aliphatic carbocycles. The highest BCUT2D eigenvalue weighted by atomic mass is 32.1. The molecule has 0 saturated heterocycles. The molecule has 4 heteroatoms. The Morgan fingerprint density at radius 1 is 1.50 bits per heavy atom. The Morgan fingerprint density at radius 3 is 2.58 bits per heavy atom. The zero-order valence-corrected chi connectivity index (χ0v) is 7.08. The van der Waals surface area contributed by atoms with Gasteiger partial charge in [0.25, 0.3) is 0 Å². The molecule has 0 aliphatic heterocycles. The van der Waals surface area contributed by atoms with Gasteiger partial charge in [0.05, 0.1) is 0 Å². The Hall–Kier alpha value is -1.16. The van der Waals surface area contributed by atoms with Gasteiger partial charge in [0.2, 0.25) is 0 Å². The van der Waals surface area contributed by atoms with Crippen molar-refractivity contribution in [2.24, 2.45) is 0 Å². The number of phenols is 1. The van der Waals surface area contributed by atoms with Gasteiger partial charge >= 0.3 is 5.97 Å². The molecule has 0 aromatic heterocycles. The highest BCUT2D eigenvalue weighted by molar-refractivity contribution is 7.79. The maximum absolute atomic E-state index is 10.4. The fourth-order valence-electron chi connectivity index (χ4n) is 0.856. The number of carboxylic acids is 1. The minimum absolute atomic E-state index is 0.0828. The SMILES string of the molecule is O=C(O)c1ccc(CS)cc1O. The average molecular weight is 184 g/mol. The van der Waals surface area contributed by atoms with Crippen LogP contribution in [0.25, 0.3) is 0 Å². The fraction of sp³-hybridized carbons (Fsp3) is 0.125. The normalized spacial score (nSPS) is 9.75. The Kier molecular flexibility index (Phi) is 2.60. The van der Waals surface area contributed by atoms with Crippen LogP contribution in [0.2, 0.25) is 0 Å². The van der Waals surface area contributed by atoms with E-state index in [4.69, 9.17) is 5.11 Å². The standard InChI is InChI=1S/C8H8O3S/c9-7-3-5(4-12)1-2-6(7)8(10)11/h1-3,9,12H,4H2,(H,10,11). The highest BCUT2D eigenvalue weighted by Crippen LogP contribution is 2.19. The smallest absolute Gasteiger partial charge is 0.339 e. The molecule has 0 radical (unpaired) electrons. The molecular weight excluding hydrogens is 176 g/mol. The van der Waals surface area contributed by atoms with E-state index in [2.05, 4.69) is 12.6 Å². The van der Waals surface area contributed by atoms with E-state index in [-0.39, 0.29) is 11.3 Å². The Labute approximate surface area is 75.1 Å². The summed E-state index contributed by atoms with van der Waals surface area (Å²) >= 11 is 3.98. The van der Waals surface area contributed by atoms with Gasteiger partial charge < -0.3 is 10.2 Å². The van der Waals surface area contributed by atoms with Crippen LogP contribution < -0.4 is 0 Å². The summed E-state index contributed by atoms with van der Waals surface area (Å²) < 4.78 is 0. The third kappa shape index (κ3) is 1.71. The summed E-state index contributed by atoms with van der Waals surface area (Å²) in [5.74, 6) is -0.861. The van der Waals surface area contributed by atoms with Crippen molar-refractivity contribution in [3.05, 3.63) is 29.3 Å². The largest absolute Gasteiger partial charge is 0.507 e. The zero-order valence-electron chi connectivity index (χ0n) is 6.19. The van der Waals surface area contributed by atoms with Gasteiger partial charge in [-0.15, -0.1) is 0 Å². The van der Waals surface area contributed by atoms with Crippen molar-refractivity contribution in [1.29, 1.82) is 0 Å². The average Bonchev–Trinajstić information content (AvgIpc) is 2.03. The molecular formula is C8H8O3S. The summed E-state index contributed by atoms with van der Waals surface area (Å²) in [5.41, 5.74) is 0.710. The van der Waals surface area contributed by atoms with Gasteiger partial charge in [-0.05, 0) is 17.7 Å². The summed E-state index contributed by atoms with van der Waals surface area (Å²) in [6, 6.07) is 4.38. The molecule has 0 bridgehead atoms. The monoisotopic (exact) mass is 184 g/mol. The molecule has 1 rings (SSSR count). The van der Waals surface area contributed by atoms with Crippen molar-refractivity contribution in [2.75, 3.05) is 0 Å². The Morgan fingerprint density at radius 2 is 2.17 bits per heavy atom. The van der Waals surface area contributed by atoms with E-state index in [1.807, 2.05) is 0 Å². The molecule has 0 heterocycles. The quantitative estimate of drug-likeness (QED) is 0.611. The van der Waals surface area contributed by atoms with Gasteiger partial charge in [-0.1, -0.05) is 6.07 Å². The van der Waals surface area contributed by atoms with Gasteiger partial charge in [0, 0.05) is 5.75 Å². The summed E-state index contributed by atoms with van der Waals surface area (Å²) in [6.45, 7) is 0. The van der Waals surface area contributed by atoms with E-state index >= 15 is 0 Å². The number of benzene rings is 1. The minimum atomic E-state index is -1.13. The fourth-order valence-corrected chi connectivity index (χ4v) is 1.05. The summed E-state index contributed by atoms with van der Waals surface area (Å²) in [7, 11) is 0. The zero-order chi connectivity index (χ0) is 9.14. The van der Waals surface area contributed by atoms with Crippen LogP contribution in [0.15, 0.2) is 18.2 Å². The van der Waals surface area contributed by atoms with Gasteiger partial charge in [0.1, 0.15) is 11.3 Å². The van der Waals surface area contributed by atoms with Gasteiger partial charge in [0.15, 0.2) is 0 Å². The predicted molar refractivity (Wildman–Crippen MR) is 47.8 cm³/mol. The number of hydrogen-bond donors (Lipinski definition) is 3. The van der Waals surface area contributed by atoms with Crippen molar-refractivity contribution >= 4 is 18.6 Å². The highest BCUT2D eigenvalue weighted by Gasteiger charge is 2.08. The number of aromatic carboxylic acids is 1. The van der Waals surface area contributed by atoms with Crippen LogP contribution in [0.5, 0.6) is 5.75 Å². The number of thiol groups is 1. The first-order chi connectivity index (χ1) is 5.65. The molecule has 0 saturated carbocycles. The lowest BCUT2D eigenvalue weighted by atomic mass is 10.1. The van der Waals surface area contributed by atoms with Crippen molar-refractivity contribution in [3.63, 3.8) is 0 Å². The third-order valence-electron chi connectivity index (χ3n) is 1.48. The molecule has 0 aliphatic rings. The van der Waals surface area contributed by atoms with Crippen molar-refractivity contribution in [3.8, 4) is 5.75 Å². The lowest BCUT2D eigenvalue weighted by molar-refractivity contribution is 0.0694. The first-order valence-electron chi connectivity index (χ1n) is 3.31. The first-order valence-corrected chi connectivity index (χ1v) is 3.94. The molecule has 3 nitrogen and oxygen atoms in total. The topological polar surface area (TPSA) is 57.5 Å². The minimum Gasteiger partial charge on any atom is -0.507 e. The van der Waals surface area contributed by atoms with E-state index in [0.29, 0.717) is 5.75 Å². The van der Waals surface area contributed by atoms with Gasteiger partial charge in [-0.3, -0.25) is 0 Å². The molecule has 1 aromatic rings. The number of rotatable bonds is 2. The lowest BCUT2D eigenvalue weighted by Gasteiger charge is -2.00. The van der Waals surface area contributed by atoms with Crippen LogP contribution in [0.4, 0.5) is 0 Å². The first kappa shape index (κ1) is 8.93. The second-order valence-corrected chi connectivity index (χ2v) is 2.63. The molecule has 1 aromatic carbocycles. The number of hydrogen-bond acceptors (Lipinski definition) is 3. The van der Waals surface area contributed by atoms with Crippen LogP contribution >= 0.6 is 12.6 Å². The lowest BCUT2D eigenvalue weighted by Crippen LogP contribution is -1.96. The maximum Gasteiger partial charge on any atom is 0.339 e. The number of carbonyl (C=O) groups is 1. The van der Waals surface area contributed by atoms with Crippen LogP contribution in [0.3, 0.4) is 0 Å². The molecule has 0 spiro atoms. The molecule has 2 N–H and O–H groups in total. The number of carboxylic acid groups (broad SMARTS) is 1. The summed E-state index contributed by atoms with van der Waals surface area (Å²) in [5, 5.41) is 17.7. The molecule has 12 heavy (non-hydrogen) atoms. The molecule has 0 atom stereocenters. The van der Waals surface area contributed by atoms with Crippen LogP contribution in [-0.2, 0) is 5.75 Å².